The zero-order valence-corrected chi connectivity index (χ0v) is 14.3. The molecule has 2 N–H and O–H groups in total. The van der Waals surface area contributed by atoms with Gasteiger partial charge in [0.2, 0.25) is 0 Å². The van der Waals surface area contributed by atoms with Crippen LogP contribution in [-0.2, 0) is 17.9 Å². The number of hydrogen-bond donors (Lipinski definition) is 2. The fourth-order valence-corrected chi connectivity index (χ4v) is 1.84. The van der Waals surface area contributed by atoms with Crippen LogP contribution in [0.3, 0.4) is 0 Å². The Morgan fingerprint density at radius 2 is 1.19 bits per heavy atom. The van der Waals surface area contributed by atoms with Crippen LogP contribution >= 0.6 is 0 Å². The van der Waals surface area contributed by atoms with Gasteiger partial charge in [-0.15, -0.1) is 0 Å². The molecule has 0 aliphatic heterocycles. The Hall–Kier alpha value is -2.74. The molecule has 0 spiro atoms. The van der Waals surface area contributed by atoms with Crippen LogP contribution in [0.15, 0.2) is 48.5 Å². The predicted molar refractivity (Wildman–Crippen MR) is 90.2 cm³/mol. The number of ether oxygens (including phenoxy) is 2. The van der Waals surface area contributed by atoms with Crippen LogP contribution in [0.4, 0.5) is 13.2 Å². The third-order valence-electron chi connectivity index (χ3n) is 3.22. The maximum absolute atomic E-state index is 10.6. The molecule has 0 saturated carbocycles. The van der Waals surface area contributed by atoms with E-state index in [0.29, 0.717) is 0 Å². The number of carboxylic acid groups (broad SMARTS) is 1. The summed E-state index contributed by atoms with van der Waals surface area (Å²) in [6, 6.07) is 16.2. The molecule has 8 heteroatoms. The first kappa shape index (κ1) is 21.3. The molecule has 0 bridgehead atoms. The summed E-state index contributed by atoms with van der Waals surface area (Å²) in [6.07, 6.45) is -5.08. The summed E-state index contributed by atoms with van der Waals surface area (Å²) in [5, 5.41) is 10.5. The molecule has 0 aromatic heterocycles. The highest BCUT2D eigenvalue weighted by molar-refractivity contribution is 5.73. The SMILES string of the molecule is COc1ccc(CNCc2ccc(OC)cc2)cc1.O=C(O)C(F)(F)F. The van der Waals surface area contributed by atoms with Crippen LogP contribution in [0.5, 0.6) is 11.5 Å². The monoisotopic (exact) mass is 371 g/mol. The lowest BCUT2D eigenvalue weighted by atomic mass is 10.2. The zero-order valence-electron chi connectivity index (χ0n) is 14.3. The lowest BCUT2D eigenvalue weighted by Crippen LogP contribution is -2.21. The topological polar surface area (TPSA) is 67.8 Å². The van der Waals surface area contributed by atoms with Crippen molar-refractivity contribution >= 4 is 5.97 Å². The van der Waals surface area contributed by atoms with Crippen molar-refractivity contribution in [1.82, 2.24) is 5.32 Å². The number of benzene rings is 2. The average molecular weight is 371 g/mol. The lowest BCUT2D eigenvalue weighted by Gasteiger charge is -2.07. The van der Waals surface area contributed by atoms with Crippen molar-refractivity contribution in [3.63, 3.8) is 0 Å². The average Bonchev–Trinajstić information content (AvgIpc) is 2.62. The van der Waals surface area contributed by atoms with E-state index in [-0.39, 0.29) is 0 Å². The highest BCUT2D eigenvalue weighted by atomic mass is 19.4. The quantitative estimate of drug-likeness (QED) is 0.812. The van der Waals surface area contributed by atoms with Gasteiger partial charge in [-0.2, -0.15) is 13.2 Å². The Morgan fingerprint density at radius 3 is 1.42 bits per heavy atom. The summed E-state index contributed by atoms with van der Waals surface area (Å²) in [5.74, 6) is -0.981. The Labute approximate surface area is 149 Å². The fourth-order valence-electron chi connectivity index (χ4n) is 1.84. The Bertz CT molecular complexity index is 623. The van der Waals surface area contributed by atoms with Gasteiger partial charge in [0.05, 0.1) is 14.2 Å². The molecule has 0 amide bonds. The van der Waals surface area contributed by atoms with E-state index in [1.54, 1.807) is 14.2 Å². The standard InChI is InChI=1S/C16H19NO2.C2HF3O2/c1-18-15-7-3-13(4-8-15)11-17-12-14-5-9-16(19-2)10-6-14;3-2(4,5)1(6)7/h3-10,17H,11-12H2,1-2H3;(H,6,7). The second kappa shape index (κ2) is 10.3. The molecule has 26 heavy (non-hydrogen) atoms. The summed E-state index contributed by atoms with van der Waals surface area (Å²) in [5.41, 5.74) is 2.49. The van der Waals surface area contributed by atoms with Gasteiger partial charge in [0.15, 0.2) is 0 Å². The van der Waals surface area contributed by atoms with Crippen molar-refractivity contribution in [2.24, 2.45) is 0 Å². The van der Waals surface area contributed by atoms with Gasteiger partial charge in [-0.25, -0.2) is 4.79 Å². The second-order valence-electron chi connectivity index (χ2n) is 5.10. The highest BCUT2D eigenvalue weighted by Crippen LogP contribution is 2.13. The first-order valence-corrected chi connectivity index (χ1v) is 7.53. The molecule has 142 valence electrons. The largest absolute Gasteiger partial charge is 0.497 e. The van der Waals surface area contributed by atoms with E-state index in [4.69, 9.17) is 19.4 Å². The first-order valence-electron chi connectivity index (χ1n) is 7.53. The van der Waals surface area contributed by atoms with Gasteiger partial charge in [0.1, 0.15) is 11.5 Å². The van der Waals surface area contributed by atoms with Crippen LogP contribution in [0, 0.1) is 0 Å². The predicted octanol–water partition coefficient (Wildman–Crippen LogP) is 3.63. The number of hydrogen-bond acceptors (Lipinski definition) is 4. The lowest BCUT2D eigenvalue weighted by molar-refractivity contribution is -0.192. The number of rotatable bonds is 6. The van der Waals surface area contributed by atoms with Crippen LogP contribution in [0.1, 0.15) is 11.1 Å². The van der Waals surface area contributed by atoms with E-state index in [9.17, 15) is 13.2 Å². The first-order chi connectivity index (χ1) is 12.3. The molecule has 0 fully saturated rings. The van der Waals surface area contributed by atoms with E-state index >= 15 is 0 Å². The maximum atomic E-state index is 10.6. The summed E-state index contributed by atoms with van der Waals surface area (Å²) in [4.78, 5) is 8.90. The Morgan fingerprint density at radius 1 is 0.885 bits per heavy atom. The van der Waals surface area contributed by atoms with E-state index in [1.807, 2.05) is 24.3 Å². The summed E-state index contributed by atoms with van der Waals surface area (Å²) >= 11 is 0. The number of aliphatic carboxylic acids is 1. The van der Waals surface area contributed by atoms with Gasteiger partial charge in [-0.05, 0) is 35.4 Å². The van der Waals surface area contributed by atoms with E-state index in [0.717, 1.165) is 24.6 Å². The van der Waals surface area contributed by atoms with Crippen LogP contribution in [-0.4, -0.2) is 31.5 Å². The number of carbonyl (C=O) groups is 1. The molecule has 0 unspecified atom stereocenters. The third-order valence-corrected chi connectivity index (χ3v) is 3.22. The Kier molecular flexibility index (Phi) is 8.44. The van der Waals surface area contributed by atoms with Gasteiger partial charge < -0.3 is 19.9 Å². The molecule has 0 atom stereocenters. The minimum absolute atomic E-state index is 0.843. The molecular weight excluding hydrogens is 351 g/mol. The smallest absolute Gasteiger partial charge is 0.490 e. The molecule has 0 radical (unpaired) electrons. The van der Waals surface area contributed by atoms with Gasteiger partial charge in [0.25, 0.3) is 0 Å². The fraction of sp³-hybridized carbons (Fsp3) is 0.278. The van der Waals surface area contributed by atoms with E-state index in [1.165, 1.54) is 11.1 Å². The van der Waals surface area contributed by atoms with Crippen molar-refractivity contribution < 1.29 is 32.5 Å². The summed E-state index contributed by atoms with van der Waals surface area (Å²) in [6.45, 7) is 1.69. The number of alkyl halides is 3. The zero-order chi connectivity index (χ0) is 19.6. The van der Waals surface area contributed by atoms with E-state index in [2.05, 4.69) is 29.6 Å². The number of carboxylic acids is 1. The molecule has 2 aromatic rings. The van der Waals surface area contributed by atoms with Crippen molar-refractivity contribution in [3.05, 3.63) is 59.7 Å². The van der Waals surface area contributed by atoms with E-state index < -0.39 is 12.1 Å². The van der Waals surface area contributed by atoms with Crippen molar-refractivity contribution in [1.29, 1.82) is 0 Å². The molecule has 2 aromatic carbocycles. The molecular formula is C18H20F3NO4. The summed E-state index contributed by atoms with van der Waals surface area (Å²) < 4.78 is 42.0. The molecule has 0 aliphatic rings. The number of methoxy groups -OCH3 is 2. The minimum Gasteiger partial charge on any atom is -0.497 e. The molecule has 0 heterocycles. The van der Waals surface area contributed by atoms with Gasteiger partial charge in [0, 0.05) is 13.1 Å². The second-order valence-corrected chi connectivity index (χ2v) is 5.10. The Balaban J connectivity index is 0.000000412. The minimum atomic E-state index is -5.08. The van der Waals surface area contributed by atoms with Crippen molar-refractivity contribution in [3.8, 4) is 11.5 Å². The van der Waals surface area contributed by atoms with Crippen LogP contribution < -0.4 is 14.8 Å². The van der Waals surface area contributed by atoms with Gasteiger partial charge in [-0.1, -0.05) is 24.3 Å². The molecule has 5 nitrogen and oxygen atoms in total. The molecule has 0 aliphatic carbocycles. The third kappa shape index (κ3) is 7.89. The van der Waals surface area contributed by atoms with Crippen LogP contribution in [0.2, 0.25) is 0 Å². The van der Waals surface area contributed by atoms with Crippen molar-refractivity contribution in [2.45, 2.75) is 19.3 Å². The van der Waals surface area contributed by atoms with Crippen LogP contribution in [0.25, 0.3) is 0 Å². The number of halogens is 3. The normalized spacial score (nSPS) is 10.5. The van der Waals surface area contributed by atoms with Crippen molar-refractivity contribution in [2.75, 3.05) is 14.2 Å². The number of nitrogens with one attached hydrogen (secondary N) is 1. The maximum Gasteiger partial charge on any atom is 0.490 e. The summed E-state index contributed by atoms with van der Waals surface area (Å²) in [7, 11) is 3.36. The molecule has 2 rings (SSSR count). The van der Waals surface area contributed by atoms with Gasteiger partial charge in [-0.3, -0.25) is 0 Å². The molecule has 0 saturated heterocycles. The highest BCUT2D eigenvalue weighted by Gasteiger charge is 2.38. The van der Waals surface area contributed by atoms with Gasteiger partial charge >= 0.3 is 12.1 Å².